The Bertz CT molecular complexity index is 979. The molecule has 7 nitrogen and oxygen atoms in total. The normalized spacial score (nSPS) is 15.4. The lowest BCUT2D eigenvalue weighted by Gasteiger charge is -2.16. The number of benzene rings is 2. The fourth-order valence-corrected chi connectivity index (χ4v) is 3.72. The molecular formula is C17H17N3O4S. The number of sulfonamides is 1. The molecule has 2 aromatic carbocycles. The Morgan fingerprint density at radius 3 is 2.36 bits per heavy atom. The van der Waals surface area contributed by atoms with Crippen molar-refractivity contribution in [3.05, 3.63) is 53.6 Å². The summed E-state index contributed by atoms with van der Waals surface area (Å²) in [7, 11) is -3.84. The second-order valence-corrected chi connectivity index (χ2v) is 8.02. The van der Waals surface area contributed by atoms with Crippen LogP contribution in [0.1, 0.15) is 29.8 Å². The van der Waals surface area contributed by atoms with Crippen molar-refractivity contribution in [3.63, 3.8) is 0 Å². The molecule has 0 saturated heterocycles. The first-order valence-electron chi connectivity index (χ1n) is 7.50. The zero-order valence-corrected chi connectivity index (χ0v) is 14.5. The third kappa shape index (κ3) is 2.96. The van der Waals surface area contributed by atoms with Gasteiger partial charge in [-0.05, 0) is 61.9 Å². The molecule has 1 aliphatic heterocycles. The largest absolute Gasteiger partial charge is 0.366 e. The van der Waals surface area contributed by atoms with Crippen LogP contribution in [-0.4, -0.2) is 20.2 Å². The molecule has 0 unspecified atom stereocenters. The number of carbonyl (C=O) groups excluding carboxylic acids is 2. The molecule has 4 N–H and O–H groups in total. The van der Waals surface area contributed by atoms with Gasteiger partial charge in [-0.3, -0.25) is 14.3 Å². The van der Waals surface area contributed by atoms with Crippen LogP contribution in [0.3, 0.4) is 0 Å². The number of nitrogens with two attached hydrogens (primary N) is 1. The Morgan fingerprint density at radius 2 is 1.76 bits per heavy atom. The summed E-state index contributed by atoms with van der Waals surface area (Å²) in [5, 5.41) is 2.73. The van der Waals surface area contributed by atoms with Gasteiger partial charge in [-0.2, -0.15) is 0 Å². The average Bonchev–Trinajstić information content (AvgIpc) is 2.77. The molecule has 3 rings (SSSR count). The van der Waals surface area contributed by atoms with E-state index in [1.807, 2.05) is 0 Å². The first-order valence-corrected chi connectivity index (χ1v) is 8.98. The molecule has 0 aliphatic carbocycles. The van der Waals surface area contributed by atoms with Crippen molar-refractivity contribution in [2.24, 2.45) is 5.73 Å². The first kappa shape index (κ1) is 17.0. The maximum atomic E-state index is 12.6. The van der Waals surface area contributed by atoms with Gasteiger partial charge < -0.3 is 11.1 Å². The molecule has 0 aromatic heterocycles. The third-order valence-electron chi connectivity index (χ3n) is 4.21. The van der Waals surface area contributed by atoms with E-state index < -0.39 is 21.3 Å². The van der Waals surface area contributed by atoms with Gasteiger partial charge in [-0.15, -0.1) is 0 Å². The van der Waals surface area contributed by atoms with E-state index in [0.717, 1.165) is 0 Å². The van der Waals surface area contributed by atoms with Gasteiger partial charge >= 0.3 is 0 Å². The smallest absolute Gasteiger partial charge is 0.261 e. The fraction of sp³-hybridized carbons (Fsp3) is 0.176. The summed E-state index contributed by atoms with van der Waals surface area (Å²) in [6.45, 7) is 3.47. The summed E-state index contributed by atoms with van der Waals surface area (Å²) < 4.78 is 27.7. The van der Waals surface area contributed by atoms with Crippen LogP contribution in [0.4, 0.5) is 11.4 Å². The molecule has 2 amide bonds. The monoisotopic (exact) mass is 359 g/mol. The molecule has 1 heterocycles. The predicted octanol–water partition coefficient (Wildman–Crippen LogP) is 1.82. The van der Waals surface area contributed by atoms with Gasteiger partial charge in [-0.25, -0.2) is 8.42 Å². The summed E-state index contributed by atoms with van der Waals surface area (Å²) in [4.78, 5) is 23.1. The molecule has 0 saturated carbocycles. The van der Waals surface area contributed by atoms with E-state index in [9.17, 15) is 18.0 Å². The highest BCUT2D eigenvalue weighted by Gasteiger charge is 2.39. The van der Waals surface area contributed by atoms with Gasteiger partial charge in [0.1, 0.15) is 0 Å². The molecule has 0 bridgehead atoms. The van der Waals surface area contributed by atoms with Crippen LogP contribution in [0.15, 0.2) is 47.4 Å². The van der Waals surface area contributed by atoms with E-state index in [4.69, 9.17) is 5.73 Å². The number of hydrogen-bond acceptors (Lipinski definition) is 4. The summed E-state index contributed by atoms with van der Waals surface area (Å²) in [5.74, 6) is -0.764. The summed E-state index contributed by atoms with van der Waals surface area (Å²) in [6.07, 6.45) is 0. The minimum atomic E-state index is -3.84. The van der Waals surface area contributed by atoms with Gasteiger partial charge in [-0.1, -0.05) is 0 Å². The topological polar surface area (TPSA) is 118 Å². The minimum absolute atomic E-state index is 0.0507. The molecule has 8 heteroatoms. The number of fused-ring (bicyclic) bond motifs is 1. The zero-order valence-electron chi connectivity index (χ0n) is 13.7. The standard InChI is InChI=1S/C17H17N3O4S/c1-17(2)13-9-12(7-8-14(13)19-16(17)22)25(23,24)20-11-5-3-10(4-6-11)15(18)21/h3-9,20H,1-2H3,(H2,18,21)(H,19,22). The second-order valence-electron chi connectivity index (χ2n) is 6.33. The van der Waals surface area contributed by atoms with Crippen LogP contribution in [0.5, 0.6) is 0 Å². The van der Waals surface area contributed by atoms with Gasteiger partial charge in [0.05, 0.1) is 10.3 Å². The molecule has 130 valence electrons. The van der Waals surface area contributed by atoms with Gasteiger partial charge in [0, 0.05) is 16.9 Å². The van der Waals surface area contributed by atoms with Crippen LogP contribution in [0.2, 0.25) is 0 Å². The number of anilines is 2. The lowest BCUT2D eigenvalue weighted by Crippen LogP contribution is -2.27. The van der Waals surface area contributed by atoms with E-state index in [1.165, 1.54) is 36.4 Å². The predicted molar refractivity (Wildman–Crippen MR) is 93.9 cm³/mol. The lowest BCUT2D eigenvalue weighted by atomic mass is 9.86. The molecule has 25 heavy (non-hydrogen) atoms. The highest BCUT2D eigenvalue weighted by atomic mass is 32.2. The zero-order chi connectivity index (χ0) is 18.4. The maximum absolute atomic E-state index is 12.6. The van der Waals surface area contributed by atoms with E-state index in [1.54, 1.807) is 19.9 Å². The quantitative estimate of drug-likeness (QED) is 0.771. The minimum Gasteiger partial charge on any atom is -0.366 e. The summed E-state index contributed by atoms with van der Waals surface area (Å²) >= 11 is 0. The Labute approximate surface area is 145 Å². The van der Waals surface area contributed by atoms with Gasteiger partial charge in [0.25, 0.3) is 10.0 Å². The Kier molecular flexibility index (Phi) is 3.80. The second kappa shape index (κ2) is 5.59. The number of primary amides is 1. The van der Waals surface area contributed by atoms with Crippen molar-refractivity contribution in [1.29, 1.82) is 0 Å². The number of hydrogen-bond donors (Lipinski definition) is 3. The number of amides is 2. The highest BCUT2D eigenvalue weighted by molar-refractivity contribution is 7.92. The molecule has 0 fully saturated rings. The van der Waals surface area contributed by atoms with Crippen molar-refractivity contribution >= 4 is 33.2 Å². The lowest BCUT2D eigenvalue weighted by molar-refractivity contribution is -0.119. The van der Waals surface area contributed by atoms with Crippen molar-refractivity contribution < 1.29 is 18.0 Å². The van der Waals surface area contributed by atoms with Crippen LogP contribution >= 0.6 is 0 Å². The number of carbonyl (C=O) groups is 2. The fourth-order valence-electron chi connectivity index (χ4n) is 2.63. The Hall–Kier alpha value is -2.87. The first-order chi connectivity index (χ1) is 11.6. The van der Waals surface area contributed by atoms with Crippen molar-refractivity contribution in [2.75, 3.05) is 10.0 Å². The molecule has 0 radical (unpaired) electrons. The van der Waals surface area contributed by atoms with Crippen LogP contribution in [0, 0.1) is 0 Å². The number of nitrogens with one attached hydrogen (secondary N) is 2. The average molecular weight is 359 g/mol. The van der Waals surface area contributed by atoms with Crippen molar-refractivity contribution in [1.82, 2.24) is 0 Å². The molecular weight excluding hydrogens is 342 g/mol. The van der Waals surface area contributed by atoms with Crippen molar-refractivity contribution in [2.45, 2.75) is 24.2 Å². The van der Waals surface area contributed by atoms with Gasteiger partial charge in [0.2, 0.25) is 11.8 Å². The van der Waals surface area contributed by atoms with Crippen LogP contribution < -0.4 is 15.8 Å². The van der Waals surface area contributed by atoms with Crippen LogP contribution in [-0.2, 0) is 20.2 Å². The van der Waals surface area contributed by atoms with E-state index in [2.05, 4.69) is 10.0 Å². The highest BCUT2D eigenvalue weighted by Crippen LogP contribution is 2.38. The number of rotatable bonds is 4. The van der Waals surface area contributed by atoms with Crippen LogP contribution in [0.25, 0.3) is 0 Å². The van der Waals surface area contributed by atoms with Gasteiger partial charge in [0.15, 0.2) is 0 Å². The summed E-state index contributed by atoms with van der Waals surface area (Å²) in [6, 6.07) is 10.3. The summed E-state index contributed by atoms with van der Waals surface area (Å²) in [5.41, 5.74) is 6.19. The Morgan fingerprint density at radius 1 is 1.12 bits per heavy atom. The molecule has 0 spiro atoms. The van der Waals surface area contributed by atoms with E-state index in [0.29, 0.717) is 16.9 Å². The van der Waals surface area contributed by atoms with E-state index >= 15 is 0 Å². The third-order valence-corrected chi connectivity index (χ3v) is 5.59. The van der Waals surface area contributed by atoms with Crippen molar-refractivity contribution in [3.8, 4) is 0 Å². The van der Waals surface area contributed by atoms with E-state index in [-0.39, 0.29) is 16.4 Å². The Balaban J connectivity index is 1.92. The SMILES string of the molecule is CC1(C)C(=O)Nc2ccc(S(=O)(=O)Nc3ccc(C(N)=O)cc3)cc21. The maximum Gasteiger partial charge on any atom is 0.261 e. The molecule has 1 aliphatic rings. The molecule has 2 aromatic rings. The molecule has 0 atom stereocenters.